The zero-order valence-electron chi connectivity index (χ0n) is 12.0. The Bertz CT molecular complexity index is 503. The van der Waals surface area contributed by atoms with Gasteiger partial charge < -0.3 is 5.11 Å². The average Bonchev–Trinajstić information content (AvgIpc) is 2.48. The molecule has 2 nitrogen and oxygen atoms in total. The van der Waals surface area contributed by atoms with E-state index < -0.39 is 0 Å². The third-order valence-corrected chi connectivity index (χ3v) is 3.97. The average molecular weight is 275 g/mol. The number of hydrogen-bond acceptors (Lipinski definition) is 2. The monoisotopic (exact) mass is 275 g/mol. The van der Waals surface area contributed by atoms with Crippen molar-refractivity contribution in [1.82, 2.24) is 4.90 Å². The maximum Gasteiger partial charge on any atom is 0.124 e. The fourth-order valence-electron chi connectivity index (χ4n) is 2.89. The molecule has 1 aliphatic heterocycles. The van der Waals surface area contributed by atoms with E-state index in [1.165, 1.54) is 31.4 Å². The van der Waals surface area contributed by atoms with Crippen LogP contribution in [0.4, 0.5) is 4.39 Å². The molecule has 1 N–H and O–H groups in total. The predicted octanol–water partition coefficient (Wildman–Crippen LogP) is 2.93. The van der Waals surface area contributed by atoms with E-state index in [1.807, 2.05) is 6.07 Å². The van der Waals surface area contributed by atoms with Crippen molar-refractivity contribution in [2.75, 3.05) is 13.2 Å². The molecule has 1 atom stereocenters. The minimum atomic E-state index is -0.276. The van der Waals surface area contributed by atoms with Crippen LogP contribution in [0.15, 0.2) is 18.2 Å². The van der Waals surface area contributed by atoms with E-state index >= 15 is 0 Å². The minimum Gasteiger partial charge on any atom is -0.384 e. The molecule has 1 unspecified atom stereocenters. The van der Waals surface area contributed by atoms with Crippen LogP contribution in [0, 0.1) is 17.7 Å². The number of likely N-dealkylation sites (tertiary alicyclic amines) is 1. The molecule has 1 aromatic carbocycles. The number of nitrogens with zero attached hydrogens (tertiary/aromatic N) is 1. The van der Waals surface area contributed by atoms with Crippen molar-refractivity contribution in [1.29, 1.82) is 0 Å². The SMILES string of the molecule is CCC1CCCCN1Cc1ccc(F)cc1C#CCO. The Balaban J connectivity index is 2.19. The van der Waals surface area contributed by atoms with E-state index in [0.717, 1.165) is 25.1 Å². The van der Waals surface area contributed by atoms with Crippen molar-refractivity contribution in [2.45, 2.75) is 45.2 Å². The molecular weight excluding hydrogens is 253 g/mol. The Hall–Kier alpha value is -1.37. The van der Waals surface area contributed by atoms with Crippen LogP contribution in [-0.4, -0.2) is 29.2 Å². The fourth-order valence-corrected chi connectivity index (χ4v) is 2.89. The van der Waals surface area contributed by atoms with Gasteiger partial charge in [-0.2, -0.15) is 0 Å². The van der Waals surface area contributed by atoms with Crippen LogP contribution in [0.3, 0.4) is 0 Å². The maximum absolute atomic E-state index is 13.4. The summed E-state index contributed by atoms with van der Waals surface area (Å²) in [5, 5.41) is 8.81. The molecule has 2 rings (SSSR count). The van der Waals surface area contributed by atoms with E-state index in [0.29, 0.717) is 11.6 Å². The molecule has 1 aliphatic rings. The summed E-state index contributed by atoms with van der Waals surface area (Å²) >= 11 is 0. The molecule has 108 valence electrons. The summed E-state index contributed by atoms with van der Waals surface area (Å²) in [4.78, 5) is 2.47. The molecule has 0 aliphatic carbocycles. The highest BCUT2D eigenvalue weighted by molar-refractivity contribution is 5.41. The van der Waals surface area contributed by atoms with Crippen molar-refractivity contribution in [3.05, 3.63) is 35.1 Å². The molecule has 3 heteroatoms. The first kappa shape index (κ1) is 15.0. The van der Waals surface area contributed by atoms with Crippen molar-refractivity contribution in [3.8, 4) is 11.8 Å². The number of benzene rings is 1. The van der Waals surface area contributed by atoms with Gasteiger partial charge in [0.25, 0.3) is 0 Å². The van der Waals surface area contributed by atoms with E-state index in [1.54, 1.807) is 0 Å². The minimum absolute atomic E-state index is 0.197. The topological polar surface area (TPSA) is 23.5 Å². The summed E-state index contributed by atoms with van der Waals surface area (Å²) in [5.41, 5.74) is 1.74. The van der Waals surface area contributed by atoms with Gasteiger partial charge in [0, 0.05) is 18.2 Å². The van der Waals surface area contributed by atoms with Gasteiger partial charge in [-0.15, -0.1) is 0 Å². The second-order valence-electron chi connectivity index (χ2n) is 5.29. The van der Waals surface area contributed by atoms with Crippen LogP contribution in [0.25, 0.3) is 0 Å². The van der Waals surface area contributed by atoms with Gasteiger partial charge in [-0.25, -0.2) is 4.39 Å². The zero-order chi connectivity index (χ0) is 14.4. The van der Waals surface area contributed by atoms with Gasteiger partial charge in [-0.3, -0.25) is 4.90 Å². The first-order valence-corrected chi connectivity index (χ1v) is 7.36. The standard InChI is InChI=1S/C17H22FNO/c1-2-17-7-3-4-10-19(17)13-15-8-9-16(18)12-14(15)6-5-11-20/h8-9,12,17,20H,2-4,7,10-11,13H2,1H3. The second kappa shape index (κ2) is 7.42. The molecule has 1 aromatic rings. The van der Waals surface area contributed by atoms with Gasteiger partial charge in [-0.1, -0.05) is 31.3 Å². The quantitative estimate of drug-likeness (QED) is 0.857. The summed E-state index contributed by atoms with van der Waals surface area (Å²) in [6, 6.07) is 5.39. The van der Waals surface area contributed by atoms with Crippen LogP contribution in [0.2, 0.25) is 0 Å². The smallest absolute Gasteiger partial charge is 0.124 e. The maximum atomic E-state index is 13.4. The van der Waals surface area contributed by atoms with E-state index in [2.05, 4.69) is 23.7 Å². The van der Waals surface area contributed by atoms with Crippen LogP contribution >= 0.6 is 0 Å². The Morgan fingerprint density at radius 3 is 3.00 bits per heavy atom. The Kier molecular flexibility index (Phi) is 5.58. The molecule has 0 bridgehead atoms. The number of rotatable bonds is 3. The van der Waals surface area contributed by atoms with Crippen LogP contribution < -0.4 is 0 Å². The highest BCUT2D eigenvalue weighted by Crippen LogP contribution is 2.23. The number of piperidine rings is 1. The highest BCUT2D eigenvalue weighted by atomic mass is 19.1. The zero-order valence-corrected chi connectivity index (χ0v) is 12.0. The lowest BCUT2D eigenvalue weighted by Gasteiger charge is -2.35. The molecule has 0 saturated carbocycles. The Morgan fingerprint density at radius 2 is 2.25 bits per heavy atom. The molecule has 0 amide bonds. The molecule has 0 spiro atoms. The largest absolute Gasteiger partial charge is 0.384 e. The molecule has 20 heavy (non-hydrogen) atoms. The van der Waals surface area contributed by atoms with Crippen LogP contribution in [0.1, 0.15) is 43.7 Å². The van der Waals surface area contributed by atoms with Gasteiger partial charge in [0.05, 0.1) is 0 Å². The number of hydrogen-bond donors (Lipinski definition) is 1. The lowest BCUT2D eigenvalue weighted by atomic mass is 9.98. The van der Waals surface area contributed by atoms with Gasteiger partial charge in [0.15, 0.2) is 0 Å². The van der Waals surface area contributed by atoms with Gasteiger partial charge >= 0.3 is 0 Å². The summed E-state index contributed by atoms with van der Waals surface area (Å²) in [5.74, 6) is 5.20. The van der Waals surface area contributed by atoms with Crippen molar-refractivity contribution in [3.63, 3.8) is 0 Å². The Morgan fingerprint density at radius 1 is 1.40 bits per heavy atom. The molecule has 1 fully saturated rings. The van der Waals surface area contributed by atoms with Crippen molar-refractivity contribution in [2.24, 2.45) is 0 Å². The molecule has 1 heterocycles. The van der Waals surface area contributed by atoms with Crippen LogP contribution in [-0.2, 0) is 6.54 Å². The lowest BCUT2D eigenvalue weighted by molar-refractivity contribution is 0.136. The highest BCUT2D eigenvalue weighted by Gasteiger charge is 2.21. The third-order valence-electron chi connectivity index (χ3n) is 3.97. The van der Waals surface area contributed by atoms with E-state index in [9.17, 15) is 4.39 Å². The molecule has 0 radical (unpaired) electrons. The normalized spacial score (nSPS) is 19.4. The third kappa shape index (κ3) is 3.82. The first-order chi connectivity index (χ1) is 9.74. The van der Waals surface area contributed by atoms with Gasteiger partial charge in [0.1, 0.15) is 12.4 Å². The summed E-state index contributed by atoms with van der Waals surface area (Å²) < 4.78 is 13.4. The second-order valence-corrected chi connectivity index (χ2v) is 5.29. The number of aliphatic hydroxyl groups excluding tert-OH is 1. The number of halogens is 1. The van der Waals surface area contributed by atoms with Crippen LogP contribution in [0.5, 0.6) is 0 Å². The fraction of sp³-hybridized carbons (Fsp3) is 0.529. The summed E-state index contributed by atoms with van der Waals surface area (Å²) in [7, 11) is 0. The number of aliphatic hydroxyl groups is 1. The first-order valence-electron chi connectivity index (χ1n) is 7.36. The van der Waals surface area contributed by atoms with E-state index in [-0.39, 0.29) is 12.4 Å². The van der Waals surface area contributed by atoms with Crippen molar-refractivity contribution < 1.29 is 9.50 Å². The summed E-state index contributed by atoms with van der Waals surface area (Å²) in [6.45, 7) is 3.94. The van der Waals surface area contributed by atoms with Gasteiger partial charge in [-0.05, 0) is 43.5 Å². The summed E-state index contributed by atoms with van der Waals surface area (Å²) in [6.07, 6.45) is 4.93. The molecule has 0 aromatic heterocycles. The van der Waals surface area contributed by atoms with Crippen molar-refractivity contribution >= 4 is 0 Å². The van der Waals surface area contributed by atoms with Gasteiger partial charge in [0.2, 0.25) is 0 Å². The lowest BCUT2D eigenvalue weighted by Crippen LogP contribution is -2.38. The molecular formula is C17H22FNO. The van der Waals surface area contributed by atoms with E-state index in [4.69, 9.17) is 5.11 Å². The predicted molar refractivity (Wildman–Crippen MR) is 78.7 cm³/mol. The Labute approximate surface area is 120 Å². The molecule has 1 saturated heterocycles.